The van der Waals surface area contributed by atoms with Crippen LogP contribution in [0.3, 0.4) is 0 Å². The quantitative estimate of drug-likeness (QED) is 0.224. The van der Waals surface area contributed by atoms with Gasteiger partial charge < -0.3 is 15.3 Å². The van der Waals surface area contributed by atoms with Crippen molar-refractivity contribution in [1.29, 1.82) is 0 Å². The summed E-state index contributed by atoms with van der Waals surface area (Å²) in [6, 6.07) is 10.2. The summed E-state index contributed by atoms with van der Waals surface area (Å²) in [5.41, 5.74) is 0.963. The lowest BCUT2D eigenvalue weighted by Crippen LogP contribution is -2.15. The Morgan fingerprint density at radius 1 is 0.912 bits per heavy atom. The normalized spacial score (nSPS) is 13.1. The molecule has 174 valence electrons. The van der Waals surface area contributed by atoms with Crippen LogP contribution in [0.15, 0.2) is 75.8 Å². The van der Waals surface area contributed by atoms with E-state index in [0.717, 1.165) is 18.2 Å². The Bertz CT molecular complexity index is 1430. The van der Waals surface area contributed by atoms with E-state index in [1.807, 2.05) is 12.2 Å². The van der Waals surface area contributed by atoms with E-state index < -0.39 is 15.9 Å². The molecular formula is C23H18ClN3O6S. The predicted octanol–water partition coefficient (Wildman–Crippen LogP) is 4.84. The molecule has 0 saturated carbocycles. The van der Waals surface area contributed by atoms with Gasteiger partial charge in [0.25, 0.3) is 15.9 Å². The van der Waals surface area contributed by atoms with Crippen molar-refractivity contribution >= 4 is 38.9 Å². The number of fused-ring (bicyclic) bond motifs is 1. The highest BCUT2D eigenvalue weighted by molar-refractivity contribution is 7.92. The lowest BCUT2D eigenvalue weighted by molar-refractivity contribution is 0.0994. The highest BCUT2D eigenvalue weighted by atomic mass is 35.5. The average molecular weight is 500 g/mol. The number of hydrogen-bond donors (Lipinski definition) is 4. The topological polar surface area (TPSA) is 149 Å². The van der Waals surface area contributed by atoms with Gasteiger partial charge in [-0.25, -0.2) is 8.42 Å². The molecule has 11 heteroatoms. The molecule has 4 rings (SSSR count). The van der Waals surface area contributed by atoms with Crippen molar-refractivity contribution in [3.05, 3.63) is 82.4 Å². The van der Waals surface area contributed by atoms with E-state index in [2.05, 4.69) is 15.0 Å². The Labute approximate surface area is 199 Å². The number of aromatic hydroxyl groups is 3. The van der Waals surface area contributed by atoms with Gasteiger partial charge in [0.15, 0.2) is 0 Å². The van der Waals surface area contributed by atoms with Gasteiger partial charge in [0, 0.05) is 16.7 Å². The second kappa shape index (κ2) is 9.16. The number of anilines is 1. The summed E-state index contributed by atoms with van der Waals surface area (Å²) in [4.78, 5) is 12.3. The third-order valence-corrected chi connectivity index (χ3v) is 6.71. The number of sulfonamides is 1. The summed E-state index contributed by atoms with van der Waals surface area (Å²) in [6.07, 6.45) is 4.37. The lowest BCUT2D eigenvalue weighted by atomic mass is 9.93. The number of rotatable bonds is 5. The third-order valence-electron chi connectivity index (χ3n) is 5.08. The van der Waals surface area contributed by atoms with E-state index in [4.69, 9.17) is 11.6 Å². The number of nitrogens with zero attached hydrogens (tertiary/aromatic N) is 2. The molecule has 34 heavy (non-hydrogen) atoms. The number of benzene rings is 3. The Balaban J connectivity index is 1.72. The monoisotopic (exact) mass is 499 g/mol. The molecule has 0 spiro atoms. The van der Waals surface area contributed by atoms with Crippen LogP contribution in [0.25, 0.3) is 0 Å². The fourth-order valence-electron chi connectivity index (χ4n) is 3.47. The van der Waals surface area contributed by atoms with E-state index in [0.29, 0.717) is 29.0 Å². The summed E-state index contributed by atoms with van der Waals surface area (Å²) < 4.78 is 28.4. The zero-order chi connectivity index (χ0) is 24.5. The second-order valence-corrected chi connectivity index (χ2v) is 9.55. The number of nitrogens with one attached hydrogen (secondary N) is 1. The SMILES string of the molecule is O=C(N=Nc1cc(NS(=O)(=O)c2ccc(Cl)cc2)c2c(c1O)CC=CC2)c1cc(O)cc(O)c1. The van der Waals surface area contributed by atoms with Crippen LogP contribution in [0.1, 0.15) is 21.5 Å². The number of allylic oxidation sites excluding steroid dienone is 2. The number of phenols is 3. The van der Waals surface area contributed by atoms with Crippen LogP contribution in [-0.4, -0.2) is 29.6 Å². The average Bonchev–Trinajstić information content (AvgIpc) is 2.79. The zero-order valence-electron chi connectivity index (χ0n) is 17.4. The van der Waals surface area contributed by atoms with E-state index in [-0.39, 0.29) is 39.1 Å². The summed E-state index contributed by atoms with van der Waals surface area (Å²) in [5.74, 6) is -1.78. The van der Waals surface area contributed by atoms with Gasteiger partial charge >= 0.3 is 0 Å². The lowest BCUT2D eigenvalue weighted by Gasteiger charge is -2.19. The van der Waals surface area contributed by atoms with Gasteiger partial charge in [0.2, 0.25) is 0 Å². The number of amides is 1. The molecule has 3 aromatic carbocycles. The fraction of sp³-hybridized carbons (Fsp3) is 0.0870. The Morgan fingerprint density at radius 3 is 2.18 bits per heavy atom. The molecular weight excluding hydrogens is 482 g/mol. The van der Waals surface area contributed by atoms with Crippen LogP contribution in [0, 0.1) is 0 Å². The van der Waals surface area contributed by atoms with Crippen LogP contribution in [0.4, 0.5) is 11.4 Å². The van der Waals surface area contributed by atoms with Crippen LogP contribution < -0.4 is 4.72 Å². The molecule has 0 atom stereocenters. The van der Waals surface area contributed by atoms with Crippen LogP contribution in [0.2, 0.25) is 5.02 Å². The van der Waals surface area contributed by atoms with Crippen LogP contribution in [-0.2, 0) is 22.9 Å². The van der Waals surface area contributed by atoms with Crippen LogP contribution in [0.5, 0.6) is 17.2 Å². The molecule has 0 heterocycles. The maximum atomic E-state index is 12.9. The maximum absolute atomic E-state index is 12.9. The Morgan fingerprint density at radius 2 is 1.53 bits per heavy atom. The van der Waals surface area contributed by atoms with Crippen molar-refractivity contribution in [2.45, 2.75) is 17.7 Å². The zero-order valence-corrected chi connectivity index (χ0v) is 19.0. The fourth-order valence-corrected chi connectivity index (χ4v) is 4.68. The van der Waals surface area contributed by atoms with E-state index in [1.165, 1.54) is 30.3 Å². The minimum Gasteiger partial charge on any atom is -0.508 e. The molecule has 9 nitrogen and oxygen atoms in total. The first-order valence-electron chi connectivity index (χ1n) is 9.94. The molecule has 0 unspecified atom stereocenters. The van der Waals surface area contributed by atoms with Crippen LogP contribution >= 0.6 is 11.6 Å². The van der Waals surface area contributed by atoms with Crippen molar-refractivity contribution in [3.8, 4) is 17.2 Å². The molecule has 1 amide bonds. The van der Waals surface area contributed by atoms with Crippen molar-refractivity contribution in [2.75, 3.05) is 4.72 Å². The molecule has 0 aliphatic heterocycles. The third kappa shape index (κ3) is 4.87. The highest BCUT2D eigenvalue weighted by Gasteiger charge is 2.23. The first-order chi connectivity index (χ1) is 16.1. The van der Waals surface area contributed by atoms with E-state index in [1.54, 1.807) is 0 Å². The number of halogens is 1. The molecule has 0 fully saturated rings. The Kier molecular flexibility index (Phi) is 6.27. The van der Waals surface area contributed by atoms with Crippen molar-refractivity contribution in [2.24, 2.45) is 10.2 Å². The van der Waals surface area contributed by atoms with Crippen molar-refractivity contribution < 1.29 is 28.5 Å². The van der Waals surface area contributed by atoms with Gasteiger partial charge in [0.1, 0.15) is 22.9 Å². The first kappa shape index (κ1) is 23.3. The molecule has 1 aliphatic carbocycles. The predicted molar refractivity (Wildman–Crippen MR) is 126 cm³/mol. The number of carbonyl (C=O) groups is 1. The molecule has 0 radical (unpaired) electrons. The van der Waals surface area contributed by atoms with E-state index >= 15 is 0 Å². The number of hydrogen-bond acceptors (Lipinski definition) is 7. The molecule has 4 N–H and O–H groups in total. The summed E-state index contributed by atoms with van der Waals surface area (Å²) in [6.45, 7) is 0. The summed E-state index contributed by atoms with van der Waals surface area (Å²) in [7, 11) is -3.99. The van der Waals surface area contributed by atoms with Gasteiger partial charge in [-0.2, -0.15) is 0 Å². The number of azo groups is 1. The number of carbonyl (C=O) groups excluding carboxylic acids is 1. The van der Waals surface area contributed by atoms with Gasteiger partial charge in [-0.3, -0.25) is 9.52 Å². The highest BCUT2D eigenvalue weighted by Crippen LogP contribution is 2.41. The van der Waals surface area contributed by atoms with Gasteiger partial charge in [-0.05, 0) is 60.9 Å². The van der Waals surface area contributed by atoms with Gasteiger partial charge in [-0.1, -0.05) is 23.8 Å². The molecule has 0 saturated heterocycles. The minimum atomic E-state index is -3.99. The standard InChI is InChI=1S/C23H18ClN3O6S/c24-14-5-7-17(8-6-14)34(32,33)27-20-12-21(22(30)19-4-2-1-3-18(19)20)25-26-23(31)13-9-15(28)11-16(29)10-13/h1-2,5-12,27-30H,3-4H2. The maximum Gasteiger partial charge on any atom is 0.295 e. The first-order valence-corrected chi connectivity index (χ1v) is 11.8. The Hall–Kier alpha value is -3.89. The van der Waals surface area contributed by atoms with Gasteiger partial charge in [-0.15, -0.1) is 10.2 Å². The van der Waals surface area contributed by atoms with E-state index in [9.17, 15) is 28.5 Å². The summed E-state index contributed by atoms with van der Waals surface area (Å²) in [5, 5.41) is 37.6. The smallest absolute Gasteiger partial charge is 0.295 e. The molecule has 0 bridgehead atoms. The number of phenolic OH excluding ortho intramolecular Hbond substituents is 3. The summed E-state index contributed by atoms with van der Waals surface area (Å²) >= 11 is 5.85. The second-order valence-electron chi connectivity index (χ2n) is 7.43. The largest absolute Gasteiger partial charge is 0.508 e. The molecule has 1 aliphatic rings. The molecule has 0 aromatic heterocycles. The molecule has 3 aromatic rings. The van der Waals surface area contributed by atoms with Crippen molar-refractivity contribution in [3.63, 3.8) is 0 Å². The minimum absolute atomic E-state index is 0.00729. The van der Waals surface area contributed by atoms with Crippen molar-refractivity contribution in [1.82, 2.24) is 0 Å². The van der Waals surface area contributed by atoms with Gasteiger partial charge in [0.05, 0.1) is 16.1 Å².